The van der Waals surface area contributed by atoms with Crippen LogP contribution in [0.15, 0.2) is 12.2 Å². The molecule has 5 aliphatic carbocycles. The third kappa shape index (κ3) is 11.2. The molecule has 0 aromatic rings. The highest BCUT2D eigenvalue weighted by molar-refractivity contribution is 5.74. The van der Waals surface area contributed by atoms with Gasteiger partial charge in [-0.05, 0) is 130 Å². The number of carbonyl (C=O) groups is 1. The van der Waals surface area contributed by atoms with Crippen LogP contribution in [0, 0.1) is 63.1 Å². The molecule has 26 nitrogen and oxygen atoms in total. The highest BCUT2D eigenvalue weighted by Gasteiger charge is 2.71. The molecule has 0 aromatic carbocycles. The van der Waals surface area contributed by atoms with E-state index in [2.05, 4.69) is 27.4 Å². The van der Waals surface area contributed by atoms with Crippen molar-refractivity contribution < 1.29 is 129 Å². The van der Waals surface area contributed by atoms with Crippen molar-refractivity contribution >= 4 is 5.97 Å². The third-order valence-corrected chi connectivity index (χ3v) is 23.5. The van der Waals surface area contributed by atoms with Gasteiger partial charge in [-0.3, -0.25) is 4.79 Å². The van der Waals surface area contributed by atoms with Crippen molar-refractivity contribution in [1.29, 1.82) is 0 Å². The molecule has 10 rings (SSSR count). The van der Waals surface area contributed by atoms with Gasteiger partial charge in [0.05, 0.1) is 50.7 Å². The smallest absolute Gasteiger partial charge is 0.311 e. The lowest BCUT2D eigenvalue weighted by Crippen LogP contribution is -2.67. The Balaban J connectivity index is 0.792. The molecule has 26 heteroatoms. The van der Waals surface area contributed by atoms with Crippen LogP contribution in [0.2, 0.25) is 0 Å². The Morgan fingerprint density at radius 2 is 1.13 bits per heavy atom. The van der Waals surface area contributed by atoms with Gasteiger partial charge in [0.25, 0.3) is 0 Å². The molecule has 0 spiro atoms. The molecule has 0 aromatic heterocycles. The van der Waals surface area contributed by atoms with Gasteiger partial charge < -0.3 is 124 Å². The number of aliphatic hydroxyl groups is 15. The Morgan fingerprint density at radius 1 is 0.553 bits per heavy atom. The Kier molecular flexibility index (Phi) is 19.5. The molecule has 0 radical (unpaired) electrons. The minimum Gasteiger partial charge on any atom is -0.432 e. The second-order valence-corrected chi connectivity index (χ2v) is 27.9. The third-order valence-electron chi connectivity index (χ3n) is 23.5. The lowest BCUT2D eigenvalue weighted by atomic mass is 9.33. The van der Waals surface area contributed by atoms with Crippen LogP contribution in [0.4, 0.5) is 0 Å². The quantitative estimate of drug-likeness (QED) is 0.0473. The monoisotopic (exact) mass is 1220 g/mol. The molecule has 5 aliphatic heterocycles. The van der Waals surface area contributed by atoms with Gasteiger partial charge in [-0.1, -0.05) is 39.8 Å². The maximum atomic E-state index is 14.6. The van der Waals surface area contributed by atoms with E-state index in [1.807, 2.05) is 13.8 Å². The number of esters is 1. The van der Waals surface area contributed by atoms with E-state index in [1.54, 1.807) is 0 Å². The molecule has 5 heterocycles. The van der Waals surface area contributed by atoms with Gasteiger partial charge in [-0.15, -0.1) is 0 Å². The van der Waals surface area contributed by atoms with Crippen LogP contribution in [-0.4, -0.2) is 263 Å². The molecule has 10 aliphatic rings. The Labute approximate surface area is 494 Å². The first kappa shape index (κ1) is 66.2. The largest absolute Gasteiger partial charge is 0.432 e. The second kappa shape index (κ2) is 25.0. The molecule has 10 fully saturated rings. The van der Waals surface area contributed by atoms with E-state index in [1.165, 1.54) is 13.8 Å². The zero-order valence-corrected chi connectivity index (χ0v) is 49.6. The summed E-state index contributed by atoms with van der Waals surface area (Å²) in [7, 11) is 0. The van der Waals surface area contributed by atoms with E-state index in [0.29, 0.717) is 19.3 Å². The fraction of sp³-hybridized carbons (Fsp3) is 0.949. The molecule has 5 saturated heterocycles. The van der Waals surface area contributed by atoms with Gasteiger partial charge >= 0.3 is 5.97 Å². The Morgan fingerprint density at radius 3 is 1.74 bits per heavy atom. The summed E-state index contributed by atoms with van der Waals surface area (Å²) in [5.74, 6) is -0.991. The molecule has 36 atom stereocenters. The van der Waals surface area contributed by atoms with E-state index < -0.39 is 184 Å². The van der Waals surface area contributed by atoms with Crippen LogP contribution in [0.5, 0.6) is 0 Å². The van der Waals surface area contributed by atoms with Crippen LogP contribution in [0.1, 0.15) is 106 Å². The van der Waals surface area contributed by atoms with Gasteiger partial charge in [-0.25, -0.2) is 0 Å². The van der Waals surface area contributed by atoms with E-state index >= 15 is 0 Å². The van der Waals surface area contributed by atoms with E-state index in [0.717, 1.165) is 44.1 Å². The number of ether oxygens (including phenoxy) is 10. The van der Waals surface area contributed by atoms with Crippen molar-refractivity contribution in [2.75, 3.05) is 26.4 Å². The van der Waals surface area contributed by atoms with E-state index in [-0.39, 0.29) is 65.0 Å². The number of hydrogen-bond acceptors (Lipinski definition) is 26. The zero-order chi connectivity index (χ0) is 61.9. The minimum atomic E-state index is -1.89. The Bertz CT molecular complexity index is 2320. The van der Waals surface area contributed by atoms with Crippen LogP contribution in [0.25, 0.3) is 0 Å². The first-order chi connectivity index (χ1) is 40.0. The molecule has 0 bridgehead atoms. The summed E-state index contributed by atoms with van der Waals surface area (Å²) in [6.07, 6.45) is -31.3. The van der Waals surface area contributed by atoms with E-state index in [4.69, 9.17) is 47.4 Å². The van der Waals surface area contributed by atoms with Crippen molar-refractivity contribution in [3.8, 4) is 0 Å². The molecule has 85 heavy (non-hydrogen) atoms. The SMILES string of the molecule is C=C(C)C1CC(C(=O)OC2OC(COC3OC(CO)C(OC4OC(C)C(O)C(O)C4O)C(O)C3O)C(O)C(O)C2O)C2CCC3(C)C(CCC4C5(C)CCC(OC6OCC(O)C(O)C6OC6OC(C)C(O)C(O)C6O)C(C)(CO)C5CCC43C)C12. The van der Waals surface area contributed by atoms with Gasteiger partial charge in [-0.2, -0.15) is 0 Å². The average Bonchev–Trinajstić information content (AvgIpc) is 1.48. The molecule has 36 unspecified atom stereocenters. The normalized spacial score (nSPS) is 56.3. The molecule has 15 N–H and O–H groups in total. The zero-order valence-electron chi connectivity index (χ0n) is 49.6. The highest BCUT2D eigenvalue weighted by atomic mass is 16.8. The summed E-state index contributed by atoms with van der Waals surface area (Å²) in [5.41, 5.74) is -0.466. The fourth-order valence-electron chi connectivity index (χ4n) is 18.4. The van der Waals surface area contributed by atoms with Gasteiger partial charge in [0.2, 0.25) is 6.29 Å². The predicted molar refractivity (Wildman–Crippen MR) is 288 cm³/mol. The van der Waals surface area contributed by atoms with Gasteiger partial charge in [0, 0.05) is 5.41 Å². The van der Waals surface area contributed by atoms with Crippen molar-refractivity contribution in [3.63, 3.8) is 0 Å². The van der Waals surface area contributed by atoms with Crippen molar-refractivity contribution in [1.82, 2.24) is 0 Å². The van der Waals surface area contributed by atoms with Crippen LogP contribution < -0.4 is 0 Å². The number of fused-ring (bicyclic) bond motifs is 7. The molecular weight excluding hydrogens is 1120 g/mol. The molecular formula is C59H96O26. The number of carbonyl (C=O) groups excluding carboxylic acids is 1. The fourth-order valence-corrected chi connectivity index (χ4v) is 18.4. The maximum Gasteiger partial charge on any atom is 0.311 e. The average molecular weight is 1220 g/mol. The molecule has 0 amide bonds. The highest BCUT2D eigenvalue weighted by Crippen LogP contribution is 2.76. The van der Waals surface area contributed by atoms with Crippen molar-refractivity contribution in [2.24, 2.45) is 63.1 Å². The molecule has 5 saturated carbocycles. The predicted octanol–water partition coefficient (Wildman–Crippen LogP) is -2.83. The first-order valence-electron chi connectivity index (χ1n) is 30.7. The molecule has 488 valence electrons. The van der Waals surface area contributed by atoms with Crippen LogP contribution in [-0.2, 0) is 52.2 Å². The van der Waals surface area contributed by atoms with Crippen molar-refractivity contribution in [2.45, 2.75) is 260 Å². The number of hydrogen-bond donors (Lipinski definition) is 15. The van der Waals surface area contributed by atoms with Gasteiger partial charge in [0.15, 0.2) is 25.2 Å². The lowest BCUT2D eigenvalue weighted by molar-refractivity contribution is -0.366. The standard InChI is InChI=1S/C59H96O26/c1-22(2)26-17-27(50(75)85-54-46(73)42(69)39(66)31(81-54)20-77-51-47(74)43(70)48(30(18-60)80-51)83-52-44(71)40(67)36(63)23(3)78-52)25-11-15-58(7)28(35(25)26)9-10-33-56(5)14-13-34(57(6,21-61)32(56)12-16-59(33,58)8)82-55-49(38(65)29(62)19-76-55)84-53-45(72)41(68)37(64)24(4)79-53/h23-49,51-55,60-74H,1,9-21H2,2-8H3. The number of allylic oxidation sites excluding steroid dienone is 1. The first-order valence-corrected chi connectivity index (χ1v) is 30.7. The van der Waals surface area contributed by atoms with Crippen molar-refractivity contribution in [3.05, 3.63) is 12.2 Å². The maximum absolute atomic E-state index is 14.6. The number of aliphatic hydroxyl groups excluding tert-OH is 15. The summed E-state index contributed by atoms with van der Waals surface area (Å²) in [4.78, 5) is 14.6. The summed E-state index contributed by atoms with van der Waals surface area (Å²) in [5, 5.41) is 162. The lowest BCUT2D eigenvalue weighted by Gasteiger charge is -2.72. The summed E-state index contributed by atoms with van der Waals surface area (Å²) in [6, 6.07) is 0. The van der Waals surface area contributed by atoms with Crippen LogP contribution in [0.3, 0.4) is 0 Å². The number of rotatable bonds is 14. The second-order valence-electron chi connectivity index (χ2n) is 27.9. The topological polar surface area (TPSA) is 413 Å². The summed E-state index contributed by atoms with van der Waals surface area (Å²) < 4.78 is 59.1. The minimum absolute atomic E-state index is 0.0151. The summed E-state index contributed by atoms with van der Waals surface area (Å²) >= 11 is 0. The van der Waals surface area contributed by atoms with Crippen LogP contribution >= 0.6 is 0 Å². The summed E-state index contributed by atoms with van der Waals surface area (Å²) in [6.45, 7) is 16.7. The van der Waals surface area contributed by atoms with E-state index in [9.17, 15) is 81.4 Å². The van der Waals surface area contributed by atoms with Gasteiger partial charge in [0.1, 0.15) is 104 Å². The Hall–Kier alpha value is -1.75.